The van der Waals surface area contributed by atoms with Gasteiger partial charge < -0.3 is 14.6 Å². The number of hydrogen-bond acceptors (Lipinski definition) is 4. The maximum atomic E-state index is 9.82. The molecule has 1 N–H and O–H groups in total. The molecule has 0 aromatic heterocycles. The van der Waals surface area contributed by atoms with Gasteiger partial charge in [-0.2, -0.15) is 5.26 Å². The fourth-order valence-electron chi connectivity index (χ4n) is 1.97. The lowest BCUT2D eigenvalue weighted by Crippen LogP contribution is -1.99. The summed E-state index contributed by atoms with van der Waals surface area (Å²) in [5.41, 5.74) is 1.10. The van der Waals surface area contributed by atoms with Gasteiger partial charge in [0.1, 0.15) is 5.75 Å². The van der Waals surface area contributed by atoms with E-state index in [1.807, 2.05) is 25.1 Å². The average Bonchev–Trinajstić information content (AvgIpc) is 2.49. The van der Waals surface area contributed by atoms with E-state index in [0.717, 1.165) is 0 Å². The Morgan fingerprint density at radius 1 is 1.14 bits per heavy atom. The Hall–Kier alpha value is -2.51. The molecule has 0 bridgehead atoms. The molecule has 21 heavy (non-hydrogen) atoms. The van der Waals surface area contributed by atoms with E-state index >= 15 is 0 Å². The lowest BCUT2D eigenvalue weighted by Gasteiger charge is -2.15. The third-order valence-electron chi connectivity index (χ3n) is 2.96. The van der Waals surface area contributed by atoms with Gasteiger partial charge in [0.05, 0.1) is 24.3 Å². The molecule has 0 radical (unpaired) electrons. The molecule has 0 amide bonds. The zero-order valence-electron chi connectivity index (χ0n) is 12.0. The standard InChI is InChI=1S/C17H17NO3/c1-3-20-15-6-4-5-7-16(15)21-17-10-13(11-18)8-9-14(17)12(2)19/h4-10,12,19H,3H2,1-2H3. The Balaban J connectivity index is 2.41. The Morgan fingerprint density at radius 3 is 2.48 bits per heavy atom. The van der Waals surface area contributed by atoms with Crippen LogP contribution in [0.1, 0.15) is 31.1 Å². The molecule has 1 atom stereocenters. The van der Waals surface area contributed by atoms with E-state index in [1.165, 1.54) is 0 Å². The van der Waals surface area contributed by atoms with Crippen LogP contribution in [0.15, 0.2) is 42.5 Å². The van der Waals surface area contributed by atoms with Gasteiger partial charge in [0.25, 0.3) is 0 Å². The van der Waals surface area contributed by atoms with E-state index in [4.69, 9.17) is 14.7 Å². The molecule has 0 spiro atoms. The minimum atomic E-state index is -0.688. The van der Waals surface area contributed by atoms with Crippen LogP contribution in [0.4, 0.5) is 0 Å². The van der Waals surface area contributed by atoms with Crippen LogP contribution in [0.25, 0.3) is 0 Å². The lowest BCUT2D eigenvalue weighted by molar-refractivity contribution is 0.195. The average molecular weight is 283 g/mol. The number of nitriles is 1. The molecule has 4 nitrogen and oxygen atoms in total. The minimum absolute atomic E-state index is 0.455. The molecule has 2 rings (SSSR count). The zero-order valence-corrected chi connectivity index (χ0v) is 12.0. The summed E-state index contributed by atoms with van der Waals surface area (Å²) in [5, 5.41) is 18.8. The number of aliphatic hydroxyl groups is 1. The number of rotatable bonds is 5. The van der Waals surface area contributed by atoms with E-state index in [1.54, 1.807) is 31.2 Å². The summed E-state index contributed by atoms with van der Waals surface area (Å²) in [6.07, 6.45) is -0.688. The Morgan fingerprint density at radius 2 is 1.86 bits per heavy atom. The van der Waals surface area contributed by atoms with Crippen LogP contribution in [0.3, 0.4) is 0 Å². The molecule has 1 unspecified atom stereocenters. The fourth-order valence-corrected chi connectivity index (χ4v) is 1.97. The van der Waals surface area contributed by atoms with Gasteiger partial charge in [-0.15, -0.1) is 0 Å². The highest BCUT2D eigenvalue weighted by atomic mass is 16.5. The van der Waals surface area contributed by atoms with E-state index in [-0.39, 0.29) is 0 Å². The Kier molecular flexibility index (Phi) is 4.81. The third-order valence-corrected chi connectivity index (χ3v) is 2.96. The molecule has 4 heteroatoms. The largest absolute Gasteiger partial charge is 0.490 e. The topological polar surface area (TPSA) is 62.5 Å². The number of benzene rings is 2. The SMILES string of the molecule is CCOc1ccccc1Oc1cc(C#N)ccc1C(C)O. The first-order chi connectivity index (χ1) is 10.2. The molecule has 0 saturated heterocycles. The van der Waals surface area contributed by atoms with Gasteiger partial charge in [-0.1, -0.05) is 18.2 Å². The van der Waals surface area contributed by atoms with Gasteiger partial charge in [-0.25, -0.2) is 0 Å². The summed E-state index contributed by atoms with van der Waals surface area (Å²) in [5.74, 6) is 1.63. The van der Waals surface area contributed by atoms with Crippen LogP contribution < -0.4 is 9.47 Å². The fraction of sp³-hybridized carbons (Fsp3) is 0.235. The molecular weight excluding hydrogens is 266 g/mol. The molecule has 0 heterocycles. The van der Waals surface area contributed by atoms with E-state index < -0.39 is 6.10 Å². The third kappa shape index (κ3) is 3.53. The Labute approximate surface area is 124 Å². The molecule has 2 aromatic carbocycles. The first kappa shape index (κ1) is 14.9. The summed E-state index contributed by atoms with van der Waals surface area (Å²) >= 11 is 0. The summed E-state index contributed by atoms with van der Waals surface area (Å²) < 4.78 is 11.4. The van der Waals surface area contributed by atoms with Crippen LogP contribution in [0.2, 0.25) is 0 Å². The van der Waals surface area contributed by atoms with Crippen LogP contribution in [0.5, 0.6) is 17.2 Å². The van der Waals surface area contributed by atoms with Crippen molar-refractivity contribution >= 4 is 0 Å². The molecule has 0 aliphatic rings. The molecular formula is C17H17NO3. The van der Waals surface area contributed by atoms with Crippen molar-refractivity contribution < 1.29 is 14.6 Å². The number of aliphatic hydroxyl groups excluding tert-OH is 1. The Bertz CT molecular complexity index is 659. The summed E-state index contributed by atoms with van der Waals surface area (Å²) in [6.45, 7) is 4.08. The van der Waals surface area contributed by atoms with Crippen molar-refractivity contribution in [2.75, 3.05) is 6.61 Å². The molecule has 0 saturated carbocycles. The van der Waals surface area contributed by atoms with Crippen molar-refractivity contribution in [3.05, 3.63) is 53.6 Å². The first-order valence-electron chi connectivity index (χ1n) is 6.77. The summed E-state index contributed by atoms with van der Waals surface area (Å²) in [4.78, 5) is 0. The monoisotopic (exact) mass is 283 g/mol. The number of para-hydroxylation sites is 2. The van der Waals surface area contributed by atoms with Crippen molar-refractivity contribution in [1.82, 2.24) is 0 Å². The molecule has 0 aliphatic carbocycles. The van der Waals surface area contributed by atoms with Gasteiger partial charge in [-0.3, -0.25) is 0 Å². The molecule has 2 aromatic rings. The van der Waals surface area contributed by atoms with Gasteiger partial charge in [0, 0.05) is 5.56 Å². The predicted molar refractivity (Wildman–Crippen MR) is 79.5 cm³/mol. The maximum Gasteiger partial charge on any atom is 0.169 e. The number of ether oxygens (including phenoxy) is 2. The quantitative estimate of drug-likeness (QED) is 0.906. The van der Waals surface area contributed by atoms with Gasteiger partial charge in [-0.05, 0) is 38.1 Å². The second-order valence-corrected chi connectivity index (χ2v) is 4.52. The van der Waals surface area contributed by atoms with Crippen LogP contribution in [-0.4, -0.2) is 11.7 Å². The second-order valence-electron chi connectivity index (χ2n) is 4.52. The smallest absolute Gasteiger partial charge is 0.169 e. The van der Waals surface area contributed by atoms with Crippen LogP contribution in [0, 0.1) is 11.3 Å². The maximum absolute atomic E-state index is 9.82. The minimum Gasteiger partial charge on any atom is -0.490 e. The number of nitrogens with zero attached hydrogens (tertiary/aromatic N) is 1. The van der Waals surface area contributed by atoms with Crippen molar-refractivity contribution in [3.63, 3.8) is 0 Å². The van der Waals surface area contributed by atoms with Gasteiger partial charge in [0.2, 0.25) is 0 Å². The zero-order chi connectivity index (χ0) is 15.2. The van der Waals surface area contributed by atoms with Crippen molar-refractivity contribution in [3.8, 4) is 23.3 Å². The number of hydrogen-bond donors (Lipinski definition) is 1. The van der Waals surface area contributed by atoms with E-state index in [2.05, 4.69) is 6.07 Å². The summed E-state index contributed by atoms with van der Waals surface area (Å²) in [6, 6.07) is 14.3. The normalized spacial score (nSPS) is 11.5. The van der Waals surface area contributed by atoms with E-state index in [0.29, 0.717) is 35.0 Å². The molecule has 0 fully saturated rings. The van der Waals surface area contributed by atoms with Crippen LogP contribution in [-0.2, 0) is 0 Å². The molecule has 0 aliphatic heterocycles. The highest BCUT2D eigenvalue weighted by molar-refractivity contribution is 5.48. The predicted octanol–water partition coefficient (Wildman–Crippen LogP) is 3.80. The highest BCUT2D eigenvalue weighted by Crippen LogP contribution is 2.35. The first-order valence-corrected chi connectivity index (χ1v) is 6.77. The van der Waals surface area contributed by atoms with Crippen LogP contribution >= 0.6 is 0 Å². The van der Waals surface area contributed by atoms with Gasteiger partial charge in [0.15, 0.2) is 11.5 Å². The van der Waals surface area contributed by atoms with E-state index in [9.17, 15) is 5.11 Å². The molecule has 108 valence electrons. The van der Waals surface area contributed by atoms with Crippen molar-refractivity contribution in [1.29, 1.82) is 5.26 Å². The second kappa shape index (κ2) is 6.78. The van der Waals surface area contributed by atoms with Gasteiger partial charge >= 0.3 is 0 Å². The van der Waals surface area contributed by atoms with Crippen molar-refractivity contribution in [2.45, 2.75) is 20.0 Å². The van der Waals surface area contributed by atoms with Crippen molar-refractivity contribution in [2.24, 2.45) is 0 Å². The lowest BCUT2D eigenvalue weighted by atomic mass is 10.1. The summed E-state index contributed by atoms with van der Waals surface area (Å²) in [7, 11) is 0. The highest BCUT2D eigenvalue weighted by Gasteiger charge is 2.13.